The molecular formula is C14H25N3O2. The van der Waals surface area contributed by atoms with Crippen LogP contribution in [0.25, 0.3) is 0 Å². The van der Waals surface area contributed by atoms with Crippen molar-refractivity contribution >= 4 is 0 Å². The summed E-state index contributed by atoms with van der Waals surface area (Å²) in [5, 5.41) is 4.02. The monoisotopic (exact) mass is 267 g/mol. The molecule has 1 unspecified atom stereocenters. The fourth-order valence-electron chi connectivity index (χ4n) is 2.59. The lowest BCUT2D eigenvalue weighted by Gasteiger charge is -2.20. The van der Waals surface area contributed by atoms with Gasteiger partial charge in [0, 0.05) is 13.0 Å². The summed E-state index contributed by atoms with van der Waals surface area (Å²) < 4.78 is 10.7. The highest BCUT2D eigenvalue weighted by molar-refractivity contribution is 5.02. The summed E-state index contributed by atoms with van der Waals surface area (Å²) in [7, 11) is 0. The van der Waals surface area contributed by atoms with Crippen molar-refractivity contribution in [3.05, 3.63) is 11.7 Å². The first kappa shape index (κ1) is 14.5. The number of hydrogen-bond donors (Lipinski definition) is 1. The van der Waals surface area contributed by atoms with Crippen molar-refractivity contribution in [2.45, 2.75) is 57.9 Å². The topological polar surface area (TPSA) is 74.2 Å². The molecule has 1 heterocycles. The largest absolute Gasteiger partial charge is 0.379 e. The van der Waals surface area contributed by atoms with Gasteiger partial charge in [0.25, 0.3) is 0 Å². The normalized spacial score (nSPS) is 20.4. The van der Waals surface area contributed by atoms with Crippen molar-refractivity contribution in [3.8, 4) is 0 Å². The minimum absolute atomic E-state index is 0.409. The van der Waals surface area contributed by atoms with E-state index in [1.54, 1.807) is 0 Å². The van der Waals surface area contributed by atoms with E-state index in [1.165, 1.54) is 32.1 Å². The highest BCUT2D eigenvalue weighted by Crippen LogP contribution is 2.26. The standard InChI is InChI=1S/C14H25N3O2/c1-3-18-10-14(2,15)13-16-12(19-17-13)9-11-7-5-4-6-8-11/h11H,3-10,15H2,1-2H3. The van der Waals surface area contributed by atoms with Gasteiger partial charge in [-0.15, -0.1) is 0 Å². The molecule has 2 N–H and O–H groups in total. The van der Waals surface area contributed by atoms with Crippen molar-refractivity contribution < 1.29 is 9.26 Å². The first-order valence-electron chi connectivity index (χ1n) is 7.31. The van der Waals surface area contributed by atoms with Gasteiger partial charge >= 0.3 is 0 Å². The zero-order chi connectivity index (χ0) is 13.7. The molecule has 1 aliphatic rings. The van der Waals surface area contributed by atoms with Gasteiger partial charge in [-0.1, -0.05) is 24.4 Å². The number of aromatic nitrogens is 2. The maximum Gasteiger partial charge on any atom is 0.226 e. The number of hydrogen-bond acceptors (Lipinski definition) is 5. The van der Waals surface area contributed by atoms with Crippen LogP contribution in [0.3, 0.4) is 0 Å². The Morgan fingerprint density at radius 3 is 2.79 bits per heavy atom. The van der Waals surface area contributed by atoms with E-state index in [9.17, 15) is 0 Å². The fourth-order valence-corrected chi connectivity index (χ4v) is 2.59. The van der Waals surface area contributed by atoms with Crippen LogP contribution in [0.15, 0.2) is 4.52 Å². The summed E-state index contributed by atoms with van der Waals surface area (Å²) in [6.45, 7) is 4.87. The van der Waals surface area contributed by atoms with Gasteiger partial charge in [0.1, 0.15) is 5.54 Å². The van der Waals surface area contributed by atoms with Crippen LogP contribution in [0.2, 0.25) is 0 Å². The molecule has 1 fully saturated rings. The van der Waals surface area contributed by atoms with Gasteiger partial charge in [-0.05, 0) is 32.6 Å². The molecule has 0 amide bonds. The SMILES string of the molecule is CCOCC(C)(N)c1noc(CC2CCCCC2)n1. The second-order valence-electron chi connectivity index (χ2n) is 5.77. The fraction of sp³-hybridized carbons (Fsp3) is 0.857. The van der Waals surface area contributed by atoms with Crippen LogP contribution in [-0.4, -0.2) is 23.4 Å². The maximum atomic E-state index is 6.16. The summed E-state index contributed by atoms with van der Waals surface area (Å²) in [6, 6.07) is 0. The van der Waals surface area contributed by atoms with E-state index >= 15 is 0 Å². The smallest absolute Gasteiger partial charge is 0.226 e. The highest BCUT2D eigenvalue weighted by atomic mass is 16.5. The molecule has 0 bridgehead atoms. The summed E-state index contributed by atoms with van der Waals surface area (Å²) in [6.07, 6.45) is 7.45. The van der Waals surface area contributed by atoms with Crippen molar-refractivity contribution in [1.82, 2.24) is 10.1 Å². The Hall–Kier alpha value is -0.940. The van der Waals surface area contributed by atoms with Crippen LogP contribution in [-0.2, 0) is 16.7 Å². The Labute approximate surface area is 114 Å². The van der Waals surface area contributed by atoms with Crippen LogP contribution in [0.1, 0.15) is 57.7 Å². The molecule has 1 aromatic heterocycles. The van der Waals surface area contributed by atoms with Gasteiger partial charge < -0.3 is 15.0 Å². The predicted octanol–water partition coefficient (Wildman–Crippen LogP) is 2.40. The lowest BCUT2D eigenvalue weighted by molar-refractivity contribution is 0.0962. The second-order valence-corrected chi connectivity index (χ2v) is 5.77. The Morgan fingerprint density at radius 2 is 2.11 bits per heavy atom. The van der Waals surface area contributed by atoms with E-state index < -0.39 is 5.54 Å². The second kappa shape index (κ2) is 6.48. The van der Waals surface area contributed by atoms with Gasteiger partial charge in [-0.3, -0.25) is 0 Å². The quantitative estimate of drug-likeness (QED) is 0.856. The van der Waals surface area contributed by atoms with Crippen molar-refractivity contribution in [1.29, 1.82) is 0 Å². The van der Waals surface area contributed by atoms with Crippen LogP contribution in [0.4, 0.5) is 0 Å². The van der Waals surface area contributed by atoms with E-state index in [4.69, 9.17) is 15.0 Å². The van der Waals surface area contributed by atoms with Gasteiger partial charge in [-0.2, -0.15) is 4.98 Å². The average molecular weight is 267 g/mol. The third-order valence-electron chi connectivity index (χ3n) is 3.77. The average Bonchev–Trinajstić information content (AvgIpc) is 2.87. The minimum Gasteiger partial charge on any atom is -0.379 e. The molecule has 0 aliphatic heterocycles. The zero-order valence-corrected chi connectivity index (χ0v) is 12.0. The van der Waals surface area contributed by atoms with Crippen LogP contribution < -0.4 is 5.73 Å². The molecule has 2 rings (SSSR count). The lowest BCUT2D eigenvalue weighted by atomic mass is 9.87. The molecule has 0 radical (unpaired) electrons. The number of nitrogens with zero attached hydrogens (tertiary/aromatic N) is 2. The van der Waals surface area contributed by atoms with Crippen LogP contribution >= 0.6 is 0 Å². The molecule has 0 saturated heterocycles. The van der Waals surface area contributed by atoms with E-state index in [0.717, 1.165) is 12.3 Å². The highest BCUT2D eigenvalue weighted by Gasteiger charge is 2.28. The first-order valence-corrected chi connectivity index (χ1v) is 7.31. The molecule has 1 aliphatic carbocycles. The molecule has 19 heavy (non-hydrogen) atoms. The van der Waals surface area contributed by atoms with E-state index in [-0.39, 0.29) is 0 Å². The van der Waals surface area contributed by atoms with Crippen molar-refractivity contribution in [2.24, 2.45) is 11.7 Å². The third kappa shape index (κ3) is 4.01. The lowest BCUT2D eigenvalue weighted by Crippen LogP contribution is -2.39. The van der Waals surface area contributed by atoms with E-state index in [1.807, 2.05) is 13.8 Å². The Balaban J connectivity index is 1.93. The Morgan fingerprint density at radius 1 is 1.37 bits per heavy atom. The van der Waals surface area contributed by atoms with Gasteiger partial charge in [0.05, 0.1) is 6.61 Å². The Bertz CT molecular complexity index is 384. The Kier molecular flexibility index (Phi) is 4.93. The molecule has 5 nitrogen and oxygen atoms in total. The third-order valence-corrected chi connectivity index (χ3v) is 3.77. The van der Waals surface area contributed by atoms with Crippen LogP contribution in [0, 0.1) is 5.92 Å². The number of nitrogens with two attached hydrogens (primary N) is 1. The zero-order valence-electron chi connectivity index (χ0n) is 12.0. The summed E-state index contributed by atoms with van der Waals surface area (Å²) in [4.78, 5) is 4.45. The molecule has 108 valence electrons. The molecule has 1 atom stereocenters. The molecule has 1 saturated carbocycles. The first-order chi connectivity index (χ1) is 9.12. The molecule has 5 heteroatoms. The van der Waals surface area contributed by atoms with Gasteiger partial charge in [-0.25, -0.2) is 0 Å². The van der Waals surface area contributed by atoms with Crippen molar-refractivity contribution in [3.63, 3.8) is 0 Å². The summed E-state index contributed by atoms with van der Waals surface area (Å²) in [5.41, 5.74) is 5.48. The minimum atomic E-state index is -0.676. The van der Waals surface area contributed by atoms with Crippen LogP contribution in [0.5, 0.6) is 0 Å². The molecular weight excluding hydrogens is 242 g/mol. The van der Waals surface area contributed by atoms with Gasteiger partial charge in [0.15, 0.2) is 5.82 Å². The number of ether oxygens (including phenoxy) is 1. The summed E-state index contributed by atoms with van der Waals surface area (Å²) in [5.74, 6) is 1.96. The van der Waals surface area contributed by atoms with E-state index in [0.29, 0.717) is 25.0 Å². The summed E-state index contributed by atoms with van der Waals surface area (Å²) >= 11 is 0. The predicted molar refractivity (Wildman–Crippen MR) is 72.6 cm³/mol. The van der Waals surface area contributed by atoms with Gasteiger partial charge in [0.2, 0.25) is 5.89 Å². The molecule has 0 spiro atoms. The molecule has 0 aromatic carbocycles. The maximum absolute atomic E-state index is 6.16. The molecule has 1 aromatic rings. The van der Waals surface area contributed by atoms with Crippen molar-refractivity contribution in [2.75, 3.05) is 13.2 Å². The number of rotatable bonds is 6. The van der Waals surface area contributed by atoms with E-state index in [2.05, 4.69) is 10.1 Å².